The number of aliphatic hydroxyl groups excluding tert-OH is 1. The molecule has 1 aromatic heterocycles. The van der Waals surface area contributed by atoms with Crippen molar-refractivity contribution in [2.24, 2.45) is 0 Å². The molecule has 0 saturated carbocycles. The normalized spacial score (nSPS) is 19.3. The second-order valence-electron chi connectivity index (χ2n) is 5.00. The van der Waals surface area contributed by atoms with E-state index in [9.17, 15) is 5.11 Å². The Bertz CT molecular complexity index is 721. The molecule has 2 aromatic rings. The molecule has 3 heterocycles. The van der Waals surface area contributed by atoms with Crippen molar-refractivity contribution in [3.05, 3.63) is 65.0 Å². The van der Waals surface area contributed by atoms with Crippen molar-refractivity contribution in [3.8, 4) is 5.75 Å². The Morgan fingerprint density at radius 3 is 2.95 bits per heavy atom. The number of aromatic nitrogens is 1. The van der Waals surface area contributed by atoms with Gasteiger partial charge in [-0.1, -0.05) is 0 Å². The van der Waals surface area contributed by atoms with Crippen LogP contribution in [0.15, 0.2) is 48.3 Å². The number of thioether (sulfide) groups is 1. The molecule has 0 aliphatic carbocycles. The molecule has 0 radical (unpaired) electrons. The molecule has 1 unspecified atom stereocenters. The van der Waals surface area contributed by atoms with Crippen LogP contribution in [0, 0.1) is 0 Å². The maximum atomic E-state index is 9.82. The van der Waals surface area contributed by atoms with E-state index in [2.05, 4.69) is 15.3 Å². The van der Waals surface area contributed by atoms with Gasteiger partial charge in [0.15, 0.2) is 5.75 Å². The standard InChI is InChI=1S/C16H14N2O3S/c19-9-12-13-10-20-21-15(13)2-1-14(12)18-7-8-22-16(18)11-3-5-17-6-4-11/h1-8,16,19H,9-10H2. The molecular weight excluding hydrogens is 300 g/mol. The van der Waals surface area contributed by atoms with E-state index in [1.807, 2.05) is 30.5 Å². The molecule has 1 N–H and O–H groups in total. The van der Waals surface area contributed by atoms with Gasteiger partial charge in [-0.05, 0) is 35.2 Å². The van der Waals surface area contributed by atoms with Gasteiger partial charge in [0.05, 0.1) is 6.61 Å². The van der Waals surface area contributed by atoms with Gasteiger partial charge in [0.25, 0.3) is 0 Å². The number of hydrogen-bond donors (Lipinski definition) is 1. The number of nitrogens with zero attached hydrogens (tertiary/aromatic N) is 2. The van der Waals surface area contributed by atoms with Crippen molar-refractivity contribution >= 4 is 17.4 Å². The molecule has 2 aliphatic rings. The third-order valence-corrected chi connectivity index (χ3v) is 4.86. The minimum absolute atomic E-state index is 0.0523. The van der Waals surface area contributed by atoms with Gasteiger partial charge in [0.1, 0.15) is 12.0 Å². The van der Waals surface area contributed by atoms with Gasteiger partial charge in [0.2, 0.25) is 0 Å². The lowest BCUT2D eigenvalue weighted by Gasteiger charge is -2.27. The van der Waals surface area contributed by atoms with Crippen molar-refractivity contribution in [2.75, 3.05) is 4.90 Å². The Morgan fingerprint density at radius 1 is 1.27 bits per heavy atom. The van der Waals surface area contributed by atoms with Crippen LogP contribution in [-0.4, -0.2) is 10.1 Å². The SMILES string of the molecule is OCc1c(N2C=CSC2c2ccncc2)ccc2c1COO2. The number of aliphatic hydroxyl groups is 1. The molecule has 112 valence electrons. The summed E-state index contributed by atoms with van der Waals surface area (Å²) in [4.78, 5) is 16.4. The summed E-state index contributed by atoms with van der Waals surface area (Å²) < 4.78 is 0. The number of fused-ring (bicyclic) bond motifs is 1. The molecule has 22 heavy (non-hydrogen) atoms. The Kier molecular flexibility index (Phi) is 3.49. The Hall–Kier alpha value is -2.02. The molecule has 6 heteroatoms. The van der Waals surface area contributed by atoms with Crippen LogP contribution in [-0.2, 0) is 18.1 Å². The van der Waals surface area contributed by atoms with Gasteiger partial charge in [0, 0.05) is 35.4 Å². The predicted molar refractivity (Wildman–Crippen MR) is 84.0 cm³/mol. The summed E-state index contributed by atoms with van der Waals surface area (Å²) in [6, 6.07) is 7.87. The second-order valence-corrected chi connectivity index (χ2v) is 6.00. The third kappa shape index (κ3) is 2.16. The summed E-state index contributed by atoms with van der Waals surface area (Å²) in [5.74, 6) is 0.684. The fourth-order valence-electron chi connectivity index (χ4n) is 2.76. The van der Waals surface area contributed by atoms with Crippen molar-refractivity contribution in [2.45, 2.75) is 18.6 Å². The lowest BCUT2D eigenvalue weighted by atomic mass is 10.0. The molecule has 0 bridgehead atoms. The number of hydrogen-bond acceptors (Lipinski definition) is 6. The van der Waals surface area contributed by atoms with Crippen molar-refractivity contribution in [1.29, 1.82) is 0 Å². The van der Waals surface area contributed by atoms with Gasteiger partial charge < -0.3 is 14.9 Å². The van der Waals surface area contributed by atoms with E-state index in [-0.39, 0.29) is 12.0 Å². The van der Waals surface area contributed by atoms with Gasteiger partial charge in [-0.15, -0.1) is 11.8 Å². The molecule has 1 aromatic carbocycles. The average Bonchev–Trinajstić information content (AvgIpc) is 3.23. The molecule has 1 atom stereocenters. The van der Waals surface area contributed by atoms with Crippen LogP contribution in [0.4, 0.5) is 5.69 Å². The molecule has 0 spiro atoms. The monoisotopic (exact) mass is 314 g/mol. The average molecular weight is 314 g/mol. The highest BCUT2D eigenvalue weighted by atomic mass is 32.2. The molecule has 0 saturated heterocycles. The quantitative estimate of drug-likeness (QED) is 0.879. The van der Waals surface area contributed by atoms with Gasteiger partial charge in [-0.2, -0.15) is 4.89 Å². The van der Waals surface area contributed by atoms with Crippen LogP contribution in [0.2, 0.25) is 0 Å². The molecule has 4 rings (SSSR count). The van der Waals surface area contributed by atoms with Crippen LogP contribution in [0.25, 0.3) is 0 Å². The molecule has 5 nitrogen and oxygen atoms in total. The van der Waals surface area contributed by atoms with Crippen molar-refractivity contribution in [3.63, 3.8) is 0 Å². The zero-order valence-electron chi connectivity index (χ0n) is 11.7. The van der Waals surface area contributed by atoms with Crippen LogP contribution < -0.4 is 9.79 Å². The van der Waals surface area contributed by atoms with Gasteiger partial charge in [-0.3, -0.25) is 4.98 Å². The van der Waals surface area contributed by atoms with Crippen LogP contribution in [0.1, 0.15) is 22.1 Å². The summed E-state index contributed by atoms with van der Waals surface area (Å²) in [5.41, 5.74) is 3.90. The molecular formula is C16H14N2O3S. The van der Waals surface area contributed by atoms with Crippen LogP contribution in [0.3, 0.4) is 0 Å². The zero-order chi connectivity index (χ0) is 14.9. The van der Waals surface area contributed by atoms with E-state index in [1.165, 1.54) is 5.56 Å². The highest BCUT2D eigenvalue weighted by Gasteiger charge is 2.28. The smallest absolute Gasteiger partial charge is 0.171 e. The lowest BCUT2D eigenvalue weighted by molar-refractivity contribution is -0.194. The zero-order valence-corrected chi connectivity index (χ0v) is 12.5. The van der Waals surface area contributed by atoms with E-state index < -0.39 is 0 Å². The van der Waals surface area contributed by atoms with Crippen LogP contribution in [0.5, 0.6) is 5.75 Å². The van der Waals surface area contributed by atoms with Gasteiger partial charge in [-0.25, -0.2) is 0 Å². The first-order valence-corrected chi connectivity index (χ1v) is 7.88. The third-order valence-electron chi connectivity index (χ3n) is 3.82. The first-order chi connectivity index (χ1) is 10.9. The summed E-state index contributed by atoms with van der Waals surface area (Å²) in [6.45, 7) is 0.312. The maximum Gasteiger partial charge on any atom is 0.171 e. The highest BCUT2D eigenvalue weighted by molar-refractivity contribution is 8.02. The van der Waals surface area contributed by atoms with E-state index >= 15 is 0 Å². The lowest BCUT2D eigenvalue weighted by Crippen LogP contribution is -2.19. The van der Waals surface area contributed by atoms with E-state index in [1.54, 1.807) is 24.2 Å². The second kappa shape index (κ2) is 5.64. The van der Waals surface area contributed by atoms with Crippen LogP contribution >= 0.6 is 11.8 Å². The summed E-state index contributed by atoms with van der Waals surface area (Å²) in [6.07, 6.45) is 5.63. The number of rotatable bonds is 3. The first-order valence-electron chi connectivity index (χ1n) is 6.94. The number of pyridine rings is 1. The van der Waals surface area contributed by atoms with Crippen molar-refractivity contribution in [1.82, 2.24) is 4.98 Å². The molecule has 2 aliphatic heterocycles. The fourth-order valence-corrected chi connectivity index (χ4v) is 3.74. The Balaban J connectivity index is 1.76. The van der Waals surface area contributed by atoms with Gasteiger partial charge >= 0.3 is 0 Å². The summed E-state index contributed by atoms with van der Waals surface area (Å²) >= 11 is 1.72. The largest absolute Gasteiger partial charge is 0.392 e. The molecule has 0 fully saturated rings. The predicted octanol–water partition coefficient (Wildman–Crippen LogP) is 3.12. The molecule has 0 amide bonds. The highest BCUT2D eigenvalue weighted by Crippen LogP contribution is 2.45. The van der Waals surface area contributed by atoms with E-state index in [4.69, 9.17) is 9.78 Å². The Labute approximate surface area is 132 Å². The minimum atomic E-state index is -0.0523. The summed E-state index contributed by atoms with van der Waals surface area (Å²) in [7, 11) is 0. The summed E-state index contributed by atoms with van der Waals surface area (Å²) in [5, 5.41) is 12.0. The Morgan fingerprint density at radius 2 is 2.14 bits per heavy atom. The minimum Gasteiger partial charge on any atom is -0.392 e. The maximum absolute atomic E-state index is 9.82. The first kappa shape index (κ1) is 13.6. The number of anilines is 1. The number of benzene rings is 1. The fraction of sp³-hybridized carbons (Fsp3) is 0.188. The topological polar surface area (TPSA) is 54.8 Å². The van der Waals surface area contributed by atoms with E-state index in [0.717, 1.165) is 16.8 Å². The van der Waals surface area contributed by atoms with Crippen molar-refractivity contribution < 1.29 is 14.9 Å². The van der Waals surface area contributed by atoms with E-state index in [0.29, 0.717) is 12.4 Å².